The molecule has 0 N–H and O–H groups in total. The van der Waals surface area contributed by atoms with E-state index in [0.29, 0.717) is 33.6 Å². The smallest absolute Gasteiger partial charge is 0.149 e. The zero-order valence-corrected chi connectivity index (χ0v) is 25.7. The second-order valence-corrected chi connectivity index (χ2v) is 11.9. The Hall–Kier alpha value is -6.26. The average Bonchev–Trinajstić information content (AvgIpc) is 3.74. The molecule has 3 nitrogen and oxygen atoms in total. The molecule has 0 aliphatic carbocycles. The normalized spacial score (nSPS) is 12.7. The first-order valence-electron chi connectivity index (χ1n) is 17.3. The van der Waals surface area contributed by atoms with E-state index in [1.807, 2.05) is 89.5 Å². The summed E-state index contributed by atoms with van der Waals surface area (Å²) in [7, 11) is 0. The Balaban J connectivity index is 1.28. The molecule has 2 heterocycles. The number of aryl methyl sites for hydroxylation is 1. The van der Waals surface area contributed by atoms with Crippen molar-refractivity contribution in [1.29, 1.82) is 0 Å². The molecule has 0 unspecified atom stereocenters. The van der Waals surface area contributed by atoms with Gasteiger partial charge in [0.25, 0.3) is 0 Å². The van der Waals surface area contributed by atoms with Gasteiger partial charge < -0.3 is 4.42 Å². The molecule has 4 heteroatoms. The van der Waals surface area contributed by atoms with Gasteiger partial charge in [0.05, 0.1) is 16.8 Å². The van der Waals surface area contributed by atoms with Crippen LogP contribution in [0.15, 0.2) is 162 Å². The van der Waals surface area contributed by atoms with Gasteiger partial charge in [0, 0.05) is 20.4 Å². The van der Waals surface area contributed by atoms with Crippen LogP contribution in [0, 0.1) is 12.7 Å². The van der Waals surface area contributed by atoms with Crippen molar-refractivity contribution in [2.45, 2.75) is 6.85 Å². The van der Waals surface area contributed by atoms with Gasteiger partial charge in [0.15, 0.2) is 0 Å². The third-order valence-corrected chi connectivity index (χ3v) is 9.01. The van der Waals surface area contributed by atoms with Gasteiger partial charge in [-0.2, -0.15) is 0 Å². The SMILES string of the molecule is [2H]C([2H])([2H])c1ccc(-c2ccc3oc4c(-c5nc6cccc(F)c6n5-c5cc(-c6ccccc6)ccc5-c5ccccc5)cccc4c3c2)cc1. The van der Waals surface area contributed by atoms with Crippen LogP contribution in [0.5, 0.6) is 0 Å². The minimum absolute atomic E-state index is 0.301. The fourth-order valence-electron chi connectivity index (χ4n) is 6.71. The second-order valence-electron chi connectivity index (χ2n) is 11.9. The minimum atomic E-state index is -2.16. The van der Waals surface area contributed by atoms with Crippen molar-refractivity contribution < 1.29 is 12.9 Å². The molecule has 0 atom stereocenters. The Bertz CT molecular complexity index is 2730. The quantitative estimate of drug-likeness (QED) is 0.191. The molecule has 0 aliphatic heterocycles. The summed E-state index contributed by atoms with van der Waals surface area (Å²) in [4.78, 5) is 5.09. The maximum atomic E-state index is 16.1. The van der Waals surface area contributed by atoms with Crippen LogP contribution in [0.4, 0.5) is 4.39 Å². The highest BCUT2D eigenvalue weighted by Gasteiger charge is 2.24. The minimum Gasteiger partial charge on any atom is -0.455 e. The van der Waals surface area contributed by atoms with Crippen molar-refractivity contribution in [3.05, 3.63) is 169 Å². The van der Waals surface area contributed by atoms with E-state index >= 15 is 4.39 Å². The van der Waals surface area contributed by atoms with E-state index in [4.69, 9.17) is 13.5 Å². The van der Waals surface area contributed by atoms with Crippen LogP contribution >= 0.6 is 0 Å². The lowest BCUT2D eigenvalue weighted by Gasteiger charge is -2.17. The number of halogens is 1. The maximum Gasteiger partial charge on any atom is 0.149 e. The molecule has 2 aromatic heterocycles. The highest BCUT2D eigenvalue weighted by atomic mass is 19.1. The van der Waals surface area contributed by atoms with Crippen molar-refractivity contribution in [1.82, 2.24) is 9.55 Å². The molecule has 0 saturated heterocycles. The molecule has 0 fully saturated rings. The highest BCUT2D eigenvalue weighted by molar-refractivity contribution is 6.10. The fourth-order valence-corrected chi connectivity index (χ4v) is 6.71. The number of nitrogens with zero attached hydrogens (tertiary/aromatic N) is 2. The second kappa shape index (κ2) is 11.2. The van der Waals surface area contributed by atoms with Crippen molar-refractivity contribution >= 4 is 33.0 Å². The Kier molecular flexibility index (Phi) is 5.82. The van der Waals surface area contributed by atoms with E-state index in [0.717, 1.165) is 55.4 Å². The zero-order valence-electron chi connectivity index (χ0n) is 28.7. The number of aromatic nitrogens is 2. The Morgan fingerprint density at radius 2 is 1.27 bits per heavy atom. The van der Waals surface area contributed by atoms with Gasteiger partial charge in [-0.05, 0) is 71.1 Å². The Morgan fingerprint density at radius 1 is 0.583 bits per heavy atom. The Labute approximate surface area is 281 Å². The predicted octanol–water partition coefficient (Wildman–Crippen LogP) is 12.0. The number of benzene rings is 7. The van der Waals surface area contributed by atoms with E-state index in [-0.39, 0.29) is 5.82 Å². The molecule has 0 bridgehead atoms. The van der Waals surface area contributed by atoms with Gasteiger partial charge in [-0.25, -0.2) is 9.37 Å². The molecular weight excluding hydrogens is 591 g/mol. The predicted molar refractivity (Wildman–Crippen MR) is 195 cm³/mol. The van der Waals surface area contributed by atoms with Crippen molar-refractivity contribution in [3.63, 3.8) is 0 Å². The molecule has 0 spiro atoms. The number of hydrogen-bond donors (Lipinski definition) is 0. The summed E-state index contributed by atoms with van der Waals surface area (Å²) >= 11 is 0. The maximum absolute atomic E-state index is 16.1. The van der Waals surface area contributed by atoms with E-state index in [2.05, 4.69) is 48.5 Å². The monoisotopic (exact) mass is 623 g/mol. The first-order chi connectivity index (χ1) is 24.8. The van der Waals surface area contributed by atoms with Crippen LogP contribution in [0.1, 0.15) is 9.68 Å². The summed E-state index contributed by atoms with van der Waals surface area (Å²) in [6.07, 6.45) is 0. The lowest BCUT2D eigenvalue weighted by molar-refractivity contribution is 0.635. The summed E-state index contributed by atoms with van der Waals surface area (Å²) in [5.74, 6) is 0.184. The molecule has 0 aliphatic rings. The lowest BCUT2D eigenvalue weighted by atomic mass is 9.97. The van der Waals surface area contributed by atoms with Crippen LogP contribution < -0.4 is 0 Å². The average molecular weight is 624 g/mol. The van der Waals surface area contributed by atoms with Crippen molar-refractivity contribution in [2.75, 3.05) is 0 Å². The molecular formula is C44H29FN2O. The zero-order chi connectivity index (χ0) is 34.7. The first kappa shape index (κ1) is 24.9. The Morgan fingerprint density at radius 3 is 2.06 bits per heavy atom. The number of fused-ring (bicyclic) bond motifs is 4. The largest absolute Gasteiger partial charge is 0.455 e. The van der Waals surface area contributed by atoms with Crippen molar-refractivity contribution in [2.24, 2.45) is 0 Å². The molecule has 9 aromatic rings. The molecule has 0 amide bonds. The van der Waals surface area contributed by atoms with Gasteiger partial charge >= 0.3 is 0 Å². The molecule has 0 saturated carbocycles. The standard InChI is InChI=1S/C44H29FN2O/c1-28-18-20-30(21-19-28)32-23-25-41-37(26-32)35-14-8-15-36(43(35)48-41)44-46-39-17-9-16-38(45)42(39)47(44)40-27-33(29-10-4-2-5-11-29)22-24-34(40)31-12-6-3-7-13-31/h2-27H,1H3/i1D3. The van der Waals surface area contributed by atoms with E-state index < -0.39 is 6.85 Å². The summed E-state index contributed by atoms with van der Waals surface area (Å²) in [5.41, 5.74) is 9.89. The number of furan rings is 1. The number of hydrogen-bond acceptors (Lipinski definition) is 2. The van der Waals surface area contributed by atoms with Crippen LogP contribution in [0.2, 0.25) is 0 Å². The molecule has 7 aromatic carbocycles. The topological polar surface area (TPSA) is 31.0 Å². The summed E-state index contributed by atoms with van der Waals surface area (Å²) in [5, 5.41) is 1.80. The molecule has 9 rings (SSSR count). The fraction of sp³-hybridized carbons (Fsp3) is 0.0227. The molecule has 0 radical (unpaired) electrons. The van der Waals surface area contributed by atoms with Gasteiger partial charge in [0.2, 0.25) is 0 Å². The number of rotatable bonds is 5. The number of para-hydroxylation sites is 2. The third kappa shape index (κ3) is 4.61. The summed E-state index contributed by atoms with van der Waals surface area (Å²) in [6, 6.07) is 50.5. The first-order valence-corrected chi connectivity index (χ1v) is 15.8. The van der Waals surface area contributed by atoms with Crippen LogP contribution in [-0.2, 0) is 0 Å². The number of imidazole rings is 1. The molecule has 48 heavy (non-hydrogen) atoms. The van der Waals surface area contributed by atoms with Crippen LogP contribution in [0.3, 0.4) is 0 Å². The third-order valence-electron chi connectivity index (χ3n) is 9.01. The summed E-state index contributed by atoms with van der Waals surface area (Å²) in [6.45, 7) is -2.16. The van der Waals surface area contributed by atoms with E-state index in [9.17, 15) is 0 Å². The lowest BCUT2D eigenvalue weighted by Crippen LogP contribution is -2.02. The highest BCUT2D eigenvalue weighted by Crippen LogP contribution is 2.42. The van der Waals surface area contributed by atoms with Crippen LogP contribution in [0.25, 0.3) is 83.4 Å². The van der Waals surface area contributed by atoms with E-state index in [1.165, 1.54) is 6.07 Å². The van der Waals surface area contributed by atoms with Gasteiger partial charge in [0.1, 0.15) is 28.3 Å². The molecule has 228 valence electrons. The van der Waals surface area contributed by atoms with Crippen LogP contribution in [-0.4, -0.2) is 9.55 Å². The van der Waals surface area contributed by atoms with Gasteiger partial charge in [-0.1, -0.05) is 127 Å². The van der Waals surface area contributed by atoms with Crippen molar-refractivity contribution in [3.8, 4) is 50.5 Å². The van der Waals surface area contributed by atoms with E-state index in [1.54, 1.807) is 18.2 Å². The summed E-state index contributed by atoms with van der Waals surface area (Å²) < 4.78 is 47.8. The van der Waals surface area contributed by atoms with Gasteiger partial charge in [-0.3, -0.25) is 4.57 Å². The van der Waals surface area contributed by atoms with Gasteiger partial charge in [-0.15, -0.1) is 0 Å².